The highest BCUT2D eigenvalue weighted by atomic mass is 32.2. The molecule has 1 atom stereocenters. The third kappa shape index (κ3) is 5.60. The number of amides is 2. The molecule has 0 saturated heterocycles. The van der Waals surface area contributed by atoms with Gasteiger partial charge in [-0.25, -0.2) is 8.42 Å². The van der Waals surface area contributed by atoms with Crippen molar-refractivity contribution in [1.29, 1.82) is 0 Å². The van der Waals surface area contributed by atoms with E-state index in [0.717, 1.165) is 27.3 Å². The van der Waals surface area contributed by atoms with Gasteiger partial charge in [0.05, 0.1) is 11.9 Å². The van der Waals surface area contributed by atoms with Gasteiger partial charge in [-0.1, -0.05) is 42.5 Å². The monoisotopic (exact) mass is 431 g/mol. The summed E-state index contributed by atoms with van der Waals surface area (Å²) in [5, 5.41) is 2.55. The molecule has 2 rings (SSSR count). The standard InChI is InChI=1S/C22H29N3O4S/c1-16-10-9-13-20(17(16)2)25(30(5,28)29)15-21(26)24(18(3)22(27)23-4)14-19-11-7-6-8-12-19/h6-13,18H,14-15H2,1-5H3,(H,23,27). The fraction of sp³-hybridized carbons (Fsp3) is 0.364. The number of likely N-dealkylation sites (N-methyl/N-ethyl adjacent to an activating group) is 1. The second kappa shape index (κ2) is 9.75. The zero-order valence-corrected chi connectivity index (χ0v) is 18.9. The average Bonchev–Trinajstić information content (AvgIpc) is 2.71. The Morgan fingerprint density at radius 1 is 1.03 bits per heavy atom. The molecule has 2 aromatic rings. The number of nitrogens with zero attached hydrogens (tertiary/aromatic N) is 2. The quantitative estimate of drug-likeness (QED) is 0.694. The number of benzene rings is 2. The van der Waals surface area contributed by atoms with E-state index in [1.54, 1.807) is 19.1 Å². The van der Waals surface area contributed by atoms with Crippen molar-refractivity contribution in [3.8, 4) is 0 Å². The molecule has 0 aliphatic heterocycles. The molecular formula is C22H29N3O4S. The Kier molecular flexibility index (Phi) is 7.61. The van der Waals surface area contributed by atoms with Crippen LogP contribution in [0, 0.1) is 13.8 Å². The summed E-state index contributed by atoms with van der Waals surface area (Å²) < 4.78 is 26.2. The van der Waals surface area contributed by atoms with Crippen LogP contribution in [0.1, 0.15) is 23.6 Å². The lowest BCUT2D eigenvalue weighted by Crippen LogP contribution is -2.50. The highest BCUT2D eigenvalue weighted by molar-refractivity contribution is 7.92. The van der Waals surface area contributed by atoms with Crippen LogP contribution in [-0.4, -0.2) is 51.0 Å². The first-order valence-electron chi connectivity index (χ1n) is 9.65. The summed E-state index contributed by atoms with van der Waals surface area (Å²) in [6.45, 7) is 5.14. The fourth-order valence-electron chi connectivity index (χ4n) is 3.17. The summed E-state index contributed by atoms with van der Waals surface area (Å²) in [7, 11) is -2.22. The number of anilines is 1. The van der Waals surface area contributed by atoms with Gasteiger partial charge >= 0.3 is 0 Å². The van der Waals surface area contributed by atoms with Crippen molar-refractivity contribution in [3.63, 3.8) is 0 Å². The molecule has 0 fully saturated rings. The van der Waals surface area contributed by atoms with Crippen molar-refractivity contribution in [2.75, 3.05) is 24.2 Å². The molecule has 0 saturated carbocycles. The third-order valence-corrected chi connectivity index (χ3v) is 6.26. The number of carbonyl (C=O) groups excluding carboxylic acids is 2. The predicted molar refractivity (Wildman–Crippen MR) is 119 cm³/mol. The van der Waals surface area contributed by atoms with E-state index in [1.807, 2.05) is 50.2 Å². The van der Waals surface area contributed by atoms with Crippen molar-refractivity contribution >= 4 is 27.5 Å². The molecule has 8 heteroatoms. The van der Waals surface area contributed by atoms with Crippen molar-refractivity contribution in [2.24, 2.45) is 0 Å². The van der Waals surface area contributed by atoms with Gasteiger partial charge in [0.15, 0.2) is 0 Å². The van der Waals surface area contributed by atoms with E-state index in [2.05, 4.69) is 5.32 Å². The number of rotatable bonds is 8. The smallest absolute Gasteiger partial charge is 0.244 e. The van der Waals surface area contributed by atoms with E-state index in [-0.39, 0.29) is 12.5 Å². The van der Waals surface area contributed by atoms with Gasteiger partial charge in [0.2, 0.25) is 21.8 Å². The Morgan fingerprint density at radius 2 is 1.67 bits per heavy atom. The highest BCUT2D eigenvalue weighted by Crippen LogP contribution is 2.25. The minimum Gasteiger partial charge on any atom is -0.357 e. The van der Waals surface area contributed by atoms with Crippen molar-refractivity contribution in [3.05, 3.63) is 65.2 Å². The third-order valence-electron chi connectivity index (χ3n) is 5.13. The molecule has 30 heavy (non-hydrogen) atoms. The predicted octanol–water partition coefficient (Wildman–Crippen LogP) is 2.23. The molecule has 0 heterocycles. The van der Waals surface area contributed by atoms with Gasteiger partial charge in [0.25, 0.3) is 0 Å². The lowest BCUT2D eigenvalue weighted by Gasteiger charge is -2.31. The van der Waals surface area contributed by atoms with Gasteiger partial charge in [-0.3, -0.25) is 13.9 Å². The van der Waals surface area contributed by atoms with Crippen LogP contribution in [0.25, 0.3) is 0 Å². The van der Waals surface area contributed by atoms with Gasteiger partial charge in [-0.15, -0.1) is 0 Å². The van der Waals surface area contributed by atoms with Crippen LogP contribution in [0.3, 0.4) is 0 Å². The number of hydrogen-bond donors (Lipinski definition) is 1. The molecule has 0 aliphatic carbocycles. The zero-order valence-electron chi connectivity index (χ0n) is 18.0. The molecule has 162 valence electrons. The number of sulfonamides is 1. The Hall–Kier alpha value is -2.87. The summed E-state index contributed by atoms with van der Waals surface area (Å²) in [6.07, 6.45) is 1.08. The van der Waals surface area contributed by atoms with E-state index in [1.165, 1.54) is 11.9 Å². The van der Waals surface area contributed by atoms with Gasteiger partial charge in [0.1, 0.15) is 12.6 Å². The van der Waals surface area contributed by atoms with Crippen LogP contribution in [0.2, 0.25) is 0 Å². The van der Waals surface area contributed by atoms with E-state index in [0.29, 0.717) is 5.69 Å². The summed E-state index contributed by atoms with van der Waals surface area (Å²) >= 11 is 0. The van der Waals surface area contributed by atoms with Crippen LogP contribution in [-0.2, 0) is 26.2 Å². The Balaban J connectivity index is 2.41. The molecule has 0 radical (unpaired) electrons. The molecule has 0 bridgehead atoms. The van der Waals surface area contributed by atoms with Gasteiger partial charge < -0.3 is 10.2 Å². The lowest BCUT2D eigenvalue weighted by molar-refractivity contribution is -0.139. The van der Waals surface area contributed by atoms with E-state index in [4.69, 9.17) is 0 Å². The molecule has 1 unspecified atom stereocenters. The number of nitrogens with one attached hydrogen (secondary N) is 1. The Labute approximate surface area is 178 Å². The second-order valence-electron chi connectivity index (χ2n) is 7.29. The summed E-state index contributed by atoms with van der Waals surface area (Å²) in [5.74, 6) is -0.779. The number of carbonyl (C=O) groups is 2. The minimum atomic E-state index is -3.72. The first-order valence-corrected chi connectivity index (χ1v) is 11.5. The number of aryl methyl sites for hydroxylation is 1. The fourth-order valence-corrected chi connectivity index (χ4v) is 4.07. The van der Waals surface area contributed by atoms with E-state index >= 15 is 0 Å². The van der Waals surface area contributed by atoms with Crippen LogP contribution in [0.5, 0.6) is 0 Å². The first-order chi connectivity index (χ1) is 14.1. The van der Waals surface area contributed by atoms with Crippen molar-refractivity contribution in [2.45, 2.75) is 33.4 Å². The molecule has 7 nitrogen and oxygen atoms in total. The van der Waals surface area contributed by atoms with Crippen molar-refractivity contribution < 1.29 is 18.0 Å². The van der Waals surface area contributed by atoms with Gasteiger partial charge in [-0.2, -0.15) is 0 Å². The first kappa shape index (κ1) is 23.4. The molecule has 0 aliphatic rings. The SMILES string of the molecule is CNC(=O)C(C)N(Cc1ccccc1)C(=O)CN(c1cccc(C)c1C)S(C)(=O)=O. The maximum atomic E-state index is 13.3. The van der Waals surface area contributed by atoms with Crippen LogP contribution < -0.4 is 9.62 Å². The zero-order chi connectivity index (χ0) is 22.5. The molecule has 2 aromatic carbocycles. The summed E-state index contributed by atoms with van der Waals surface area (Å²) in [5.41, 5.74) is 3.01. The van der Waals surface area contributed by atoms with Crippen molar-refractivity contribution in [1.82, 2.24) is 10.2 Å². The van der Waals surface area contributed by atoms with Crippen LogP contribution in [0.15, 0.2) is 48.5 Å². The van der Waals surface area contributed by atoms with Crippen LogP contribution in [0.4, 0.5) is 5.69 Å². The second-order valence-corrected chi connectivity index (χ2v) is 9.19. The Morgan fingerprint density at radius 3 is 2.23 bits per heavy atom. The van der Waals surface area contributed by atoms with E-state index in [9.17, 15) is 18.0 Å². The van der Waals surface area contributed by atoms with Crippen LogP contribution >= 0.6 is 0 Å². The van der Waals surface area contributed by atoms with Gasteiger partial charge in [-0.05, 0) is 43.5 Å². The maximum absolute atomic E-state index is 13.3. The lowest BCUT2D eigenvalue weighted by atomic mass is 10.1. The van der Waals surface area contributed by atoms with E-state index < -0.39 is 28.5 Å². The average molecular weight is 432 g/mol. The maximum Gasteiger partial charge on any atom is 0.244 e. The summed E-state index contributed by atoms with van der Waals surface area (Å²) in [4.78, 5) is 26.9. The molecule has 1 N–H and O–H groups in total. The molecular weight excluding hydrogens is 402 g/mol. The minimum absolute atomic E-state index is 0.193. The topological polar surface area (TPSA) is 86.8 Å². The molecule has 2 amide bonds. The highest BCUT2D eigenvalue weighted by Gasteiger charge is 2.30. The number of hydrogen-bond acceptors (Lipinski definition) is 4. The molecule has 0 aromatic heterocycles. The molecule has 0 spiro atoms. The van der Waals surface area contributed by atoms with Gasteiger partial charge in [0, 0.05) is 13.6 Å². The normalized spacial score (nSPS) is 12.2. The Bertz CT molecular complexity index is 1010. The summed E-state index contributed by atoms with van der Waals surface area (Å²) in [6, 6.07) is 13.8. The largest absolute Gasteiger partial charge is 0.357 e.